The number of ketones is 1. The smallest absolute Gasteiger partial charge is 0.307 e. The Morgan fingerprint density at radius 2 is 2.07 bits per heavy atom. The first-order valence-corrected chi connectivity index (χ1v) is 4.28. The Hall–Kier alpha value is -2.17. The number of fused-ring (bicyclic) bond motifs is 1. The Morgan fingerprint density at radius 1 is 1.33 bits per heavy atom. The van der Waals surface area contributed by atoms with Crippen molar-refractivity contribution in [3.63, 3.8) is 0 Å². The van der Waals surface area contributed by atoms with Gasteiger partial charge in [-0.1, -0.05) is 6.07 Å². The number of carboxylic acids is 1. The molecule has 2 N–H and O–H groups in total. The van der Waals surface area contributed by atoms with Crippen LogP contribution in [-0.2, 0) is 16.0 Å². The number of rotatable bonds is 2. The number of carboxylic acid groups (broad SMARTS) is 1. The van der Waals surface area contributed by atoms with Gasteiger partial charge in [-0.05, 0) is 17.7 Å². The van der Waals surface area contributed by atoms with Gasteiger partial charge < -0.3 is 10.4 Å². The molecule has 0 fully saturated rings. The molecule has 5 heteroatoms. The molecule has 1 aromatic carbocycles. The molecule has 0 unspecified atom stereocenters. The molecule has 76 valence electrons. The molecule has 2 rings (SSSR count). The Kier molecular flexibility index (Phi) is 2.00. The number of carbonyl (C=O) groups is 3. The third kappa shape index (κ3) is 1.59. The second kappa shape index (κ2) is 3.20. The predicted octanol–water partition coefficient (Wildman–Crippen LogP) is 0.449. The van der Waals surface area contributed by atoms with Gasteiger partial charge in [-0.15, -0.1) is 0 Å². The Balaban J connectivity index is 2.37. The lowest BCUT2D eigenvalue weighted by atomic mass is 10.1. The molecule has 0 aliphatic carbocycles. The zero-order valence-electron chi connectivity index (χ0n) is 7.61. The van der Waals surface area contributed by atoms with Gasteiger partial charge in [0.15, 0.2) is 0 Å². The summed E-state index contributed by atoms with van der Waals surface area (Å²) in [6, 6.07) is 4.51. The predicted molar refractivity (Wildman–Crippen MR) is 50.7 cm³/mol. The van der Waals surface area contributed by atoms with Gasteiger partial charge in [-0.3, -0.25) is 14.4 Å². The van der Waals surface area contributed by atoms with E-state index in [9.17, 15) is 14.4 Å². The fourth-order valence-electron chi connectivity index (χ4n) is 1.48. The van der Waals surface area contributed by atoms with Crippen molar-refractivity contribution < 1.29 is 19.5 Å². The van der Waals surface area contributed by atoms with E-state index in [1.807, 2.05) is 0 Å². The van der Waals surface area contributed by atoms with Crippen LogP contribution in [-0.4, -0.2) is 22.8 Å². The first-order valence-electron chi connectivity index (χ1n) is 4.28. The van der Waals surface area contributed by atoms with E-state index >= 15 is 0 Å². The van der Waals surface area contributed by atoms with Crippen LogP contribution < -0.4 is 5.32 Å². The average molecular weight is 205 g/mol. The van der Waals surface area contributed by atoms with Crippen LogP contribution >= 0.6 is 0 Å². The molecular weight excluding hydrogens is 198 g/mol. The average Bonchev–Trinajstić information content (AvgIpc) is 2.41. The standard InChI is InChI=1S/C10H7NO4/c12-8(13)4-5-1-2-6-7(3-5)11-10(15)9(6)14/h1-3H,4H2,(H,12,13)(H,11,14,15). The lowest BCUT2D eigenvalue weighted by molar-refractivity contribution is -0.136. The number of hydrogen-bond donors (Lipinski definition) is 2. The van der Waals surface area contributed by atoms with Gasteiger partial charge in [-0.25, -0.2) is 0 Å². The van der Waals surface area contributed by atoms with Gasteiger partial charge in [0.05, 0.1) is 17.7 Å². The second-order valence-corrected chi connectivity index (χ2v) is 3.23. The molecule has 15 heavy (non-hydrogen) atoms. The van der Waals surface area contributed by atoms with Crippen molar-refractivity contribution in [2.24, 2.45) is 0 Å². The summed E-state index contributed by atoms with van der Waals surface area (Å²) in [4.78, 5) is 32.6. The number of carbonyl (C=O) groups excluding carboxylic acids is 2. The summed E-state index contributed by atoms with van der Waals surface area (Å²) in [5.74, 6) is -2.20. The second-order valence-electron chi connectivity index (χ2n) is 3.23. The molecule has 0 spiro atoms. The van der Waals surface area contributed by atoms with Crippen LogP contribution in [0, 0.1) is 0 Å². The lowest BCUT2D eigenvalue weighted by Crippen LogP contribution is -2.12. The largest absolute Gasteiger partial charge is 0.481 e. The molecule has 0 radical (unpaired) electrons. The van der Waals surface area contributed by atoms with Crippen molar-refractivity contribution in [1.29, 1.82) is 0 Å². The summed E-state index contributed by atoms with van der Waals surface area (Å²) in [6.07, 6.45) is -0.128. The molecular formula is C10H7NO4. The van der Waals surface area contributed by atoms with E-state index in [0.717, 1.165) is 0 Å². The van der Waals surface area contributed by atoms with Crippen molar-refractivity contribution in [3.05, 3.63) is 29.3 Å². The number of nitrogens with one attached hydrogen (secondary N) is 1. The summed E-state index contributed by atoms with van der Waals surface area (Å²) in [6.45, 7) is 0. The van der Waals surface area contributed by atoms with E-state index in [1.165, 1.54) is 18.2 Å². The Bertz CT molecular complexity index is 478. The molecule has 1 heterocycles. The molecule has 1 aromatic rings. The van der Waals surface area contributed by atoms with Crippen LogP contribution in [0.15, 0.2) is 18.2 Å². The summed E-state index contributed by atoms with van der Waals surface area (Å²) in [5, 5.41) is 10.9. The number of Topliss-reactive ketones (excluding diaryl/α,β-unsaturated/α-hetero) is 1. The van der Waals surface area contributed by atoms with Crippen LogP contribution in [0.1, 0.15) is 15.9 Å². The van der Waals surface area contributed by atoms with Crippen molar-refractivity contribution >= 4 is 23.3 Å². The lowest BCUT2D eigenvalue weighted by Gasteiger charge is -2.00. The highest BCUT2D eigenvalue weighted by Gasteiger charge is 2.27. The van der Waals surface area contributed by atoms with Gasteiger partial charge in [0.2, 0.25) is 0 Å². The van der Waals surface area contributed by atoms with Crippen LogP contribution in [0.5, 0.6) is 0 Å². The van der Waals surface area contributed by atoms with Crippen LogP contribution in [0.4, 0.5) is 5.69 Å². The molecule has 1 aliphatic rings. The molecule has 5 nitrogen and oxygen atoms in total. The van der Waals surface area contributed by atoms with Crippen LogP contribution in [0.25, 0.3) is 0 Å². The van der Waals surface area contributed by atoms with E-state index in [4.69, 9.17) is 5.11 Å². The van der Waals surface area contributed by atoms with Crippen LogP contribution in [0.3, 0.4) is 0 Å². The maximum absolute atomic E-state index is 11.2. The van der Waals surface area contributed by atoms with Gasteiger partial charge in [-0.2, -0.15) is 0 Å². The highest BCUT2D eigenvalue weighted by molar-refractivity contribution is 6.51. The van der Waals surface area contributed by atoms with Gasteiger partial charge in [0, 0.05) is 0 Å². The van der Waals surface area contributed by atoms with Gasteiger partial charge >= 0.3 is 5.97 Å². The van der Waals surface area contributed by atoms with E-state index in [0.29, 0.717) is 16.8 Å². The van der Waals surface area contributed by atoms with Crippen molar-refractivity contribution in [3.8, 4) is 0 Å². The first kappa shape index (κ1) is 9.39. The highest BCUT2D eigenvalue weighted by atomic mass is 16.4. The molecule has 0 saturated heterocycles. The summed E-state index contributed by atoms with van der Waals surface area (Å²) >= 11 is 0. The molecule has 0 saturated carbocycles. The van der Waals surface area contributed by atoms with E-state index in [1.54, 1.807) is 0 Å². The number of benzene rings is 1. The van der Waals surface area contributed by atoms with Gasteiger partial charge in [0.1, 0.15) is 0 Å². The Labute approximate surface area is 84.7 Å². The van der Waals surface area contributed by atoms with Crippen molar-refractivity contribution in [2.75, 3.05) is 5.32 Å². The van der Waals surface area contributed by atoms with E-state index in [-0.39, 0.29) is 6.42 Å². The highest BCUT2D eigenvalue weighted by Crippen LogP contribution is 2.24. The van der Waals surface area contributed by atoms with Crippen molar-refractivity contribution in [1.82, 2.24) is 0 Å². The summed E-state index contributed by atoms with van der Waals surface area (Å²) in [5.41, 5.74) is 1.24. The Morgan fingerprint density at radius 3 is 2.73 bits per heavy atom. The van der Waals surface area contributed by atoms with E-state index in [2.05, 4.69) is 5.32 Å². The quantitative estimate of drug-likeness (QED) is 0.686. The summed E-state index contributed by atoms with van der Waals surface area (Å²) in [7, 11) is 0. The molecule has 0 aromatic heterocycles. The zero-order chi connectivity index (χ0) is 11.0. The topological polar surface area (TPSA) is 83.5 Å². The molecule has 0 bridgehead atoms. The maximum atomic E-state index is 11.2. The van der Waals surface area contributed by atoms with Gasteiger partial charge in [0.25, 0.3) is 11.7 Å². The fraction of sp³-hybridized carbons (Fsp3) is 0.100. The normalized spacial score (nSPS) is 13.6. The minimum atomic E-state index is -0.953. The number of amides is 1. The zero-order valence-corrected chi connectivity index (χ0v) is 7.61. The monoisotopic (exact) mass is 205 g/mol. The van der Waals surface area contributed by atoms with Crippen LogP contribution in [0.2, 0.25) is 0 Å². The third-order valence-corrected chi connectivity index (χ3v) is 2.14. The summed E-state index contributed by atoms with van der Waals surface area (Å²) < 4.78 is 0. The number of anilines is 1. The third-order valence-electron chi connectivity index (χ3n) is 2.14. The number of aliphatic carboxylic acids is 1. The first-order chi connectivity index (χ1) is 7.08. The van der Waals surface area contributed by atoms with E-state index < -0.39 is 17.7 Å². The maximum Gasteiger partial charge on any atom is 0.307 e. The molecule has 1 amide bonds. The fourth-order valence-corrected chi connectivity index (χ4v) is 1.48. The number of hydrogen-bond acceptors (Lipinski definition) is 3. The minimum absolute atomic E-state index is 0.128. The van der Waals surface area contributed by atoms with Crippen molar-refractivity contribution in [2.45, 2.75) is 6.42 Å². The molecule has 0 atom stereocenters. The minimum Gasteiger partial charge on any atom is -0.481 e. The molecule has 1 aliphatic heterocycles. The SMILES string of the molecule is O=C(O)Cc1ccc2c(c1)NC(=O)C2=O.